The van der Waals surface area contributed by atoms with Crippen molar-refractivity contribution in [3.63, 3.8) is 0 Å². The Balaban J connectivity index is 0.00000441. The van der Waals surface area contributed by atoms with Gasteiger partial charge in [-0.15, -0.1) is 0 Å². The maximum atomic E-state index is 12.1. The number of carbonyl (C=O) groups is 3. The molecule has 10 nitrogen and oxygen atoms in total. The number of likely N-dealkylation sites (tertiary alicyclic amines) is 1. The van der Waals surface area contributed by atoms with Crippen molar-refractivity contribution in [2.45, 2.75) is 24.9 Å². The Morgan fingerprint density at radius 1 is 1.32 bits per heavy atom. The van der Waals surface area contributed by atoms with Gasteiger partial charge in [-0.05, 0) is 12.8 Å². The molecule has 0 aromatic heterocycles. The van der Waals surface area contributed by atoms with Gasteiger partial charge in [-0.3, -0.25) is 19.8 Å². The third kappa shape index (κ3) is 5.50. The molecule has 1 aliphatic heterocycles. The number of aliphatic hydroxyl groups is 2. The second-order valence-electron chi connectivity index (χ2n) is 4.56. The van der Waals surface area contributed by atoms with E-state index in [1.165, 1.54) is 4.90 Å². The average Bonchev–Trinajstić information content (AvgIpc) is 2.98. The van der Waals surface area contributed by atoms with E-state index < -0.39 is 37.2 Å². The fourth-order valence-electron chi connectivity index (χ4n) is 2.16. The molecule has 8 N–H and O–H groups in total. The van der Waals surface area contributed by atoms with Crippen molar-refractivity contribution in [1.29, 1.82) is 0 Å². The number of nitrogens with zero attached hydrogens (tertiary/aromatic N) is 1. The molecular weight excluding hydrogens is 362 g/mol. The topological polar surface area (TPSA) is 159 Å². The summed E-state index contributed by atoms with van der Waals surface area (Å²) in [4.78, 5) is 36.9. The first-order valence-electron chi connectivity index (χ1n) is 6.68. The van der Waals surface area contributed by atoms with E-state index in [0.717, 1.165) is 0 Å². The normalized spacial score (nSPS) is 18.3. The Morgan fingerprint density at radius 3 is 2.55 bits per heavy atom. The molecule has 0 bridgehead atoms. The Labute approximate surface area is 138 Å². The van der Waals surface area contributed by atoms with Crippen LogP contribution >= 0.6 is 0 Å². The number of aliphatic hydroxyl groups excluding tert-OH is 2. The number of rotatable bonds is 7. The van der Waals surface area contributed by atoms with Crippen molar-refractivity contribution >= 4 is 17.7 Å². The number of nitrogens with one attached hydrogen (secondary N) is 3. The second kappa shape index (κ2) is 10.5. The Bertz CT molecular complexity index is 397. The van der Waals surface area contributed by atoms with Crippen molar-refractivity contribution in [2.24, 2.45) is 0 Å². The molecule has 0 saturated carbocycles. The third-order valence-electron chi connectivity index (χ3n) is 3.20. The molecular formula is C11H22BrN5O5. The average molecular weight is 384 g/mol. The Kier molecular flexibility index (Phi) is 9.85. The molecule has 1 fully saturated rings. The zero-order chi connectivity index (χ0) is 15.8. The van der Waals surface area contributed by atoms with Crippen molar-refractivity contribution in [2.75, 3.05) is 26.4 Å². The minimum atomic E-state index is -1.16. The highest BCUT2D eigenvalue weighted by atomic mass is 79.9. The predicted molar refractivity (Wildman–Crippen MR) is 69.9 cm³/mol. The summed E-state index contributed by atoms with van der Waals surface area (Å²) < 4.78 is 0. The van der Waals surface area contributed by atoms with Gasteiger partial charge < -0.3 is 43.1 Å². The summed E-state index contributed by atoms with van der Waals surface area (Å²) in [6.07, 6.45) is 1.21. The van der Waals surface area contributed by atoms with Crippen molar-refractivity contribution in [1.82, 2.24) is 21.1 Å². The molecule has 0 unspecified atom stereocenters. The van der Waals surface area contributed by atoms with E-state index in [1.807, 2.05) is 0 Å². The van der Waals surface area contributed by atoms with Gasteiger partial charge in [0.15, 0.2) is 6.54 Å². The highest BCUT2D eigenvalue weighted by Crippen LogP contribution is 2.17. The number of halogens is 1. The van der Waals surface area contributed by atoms with Crippen LogP contribution in [-0.4, -0.2) is 71.3 Å². The quantitative estimate of drug-likeness (QED) is 0.189. The van der Waals surface area contributed by atoms with Crippen LogP contribution in [0.3, 0.4) is 0 Å². The van der Waals surface area contributed by atoms with Crippen LogP contribution in [0.1, 0.15) is 12.8 Å². The zero-order valence-corrected chi connectivity index (χ0v) is 13.6. The smallest absolute Gasteiger partial charge is 0.278 e. The highest BCUT2D eigenvalue weighted by molar-refractivity contribution is 5.92. The van der Waals surface area contributed by atoms with Gasteiger partial charge in [0.2, 0.25) is 5.91 Å². The summed E-state index contributed by atoms with van der Waals surface area (Å²) in [7, 11) is 0. The highest BCUT2D eigenvalue weighted by Gasteiger charge is 2.35. The van der Waals surface area contributed by atoms with Gasteiger partial charge in [0.25, 0.3) is 11.8 Å². The van der Waals surface area contributed by atoms with E-state index in [2.05, 4.69) is 21.9 Å². The minimum absolute atomic E-state index is 0. The summed E-state index contributed by atoms with van der Waals surface area (Å²) in [5, 5.41) is 20.1. The molecule has 1 saturated heterocycles. The van der Waals surface area contributed by atoms with E-state index >= 15 is 0 Å². The number of hydrazine groups is 1. The maximum absolute atomic E-state index is 12.1. The van der Waals surface area contributed by atoms with Crippen LogP contribution in [0.15, 0.2) is 0 Å². The van der Waals surface area contributed by atoms with Gasteiger partial charge in [-0.25, -0.2) is 5.43 Å². The second-order valence-corrected chi connectivity index (χ2v) is 4.56. The van der Waals surface area contributed by atoms with Crippen molar-refractivity contribution in [3.05, 3.63) is 0 Å². The van der Waals surface area contributed by atoms with Gasteiger partial charge in [0.05, 0.1) is 6.61 Å². The summed E-state index contributed by atoms with van der Waals surface area (Å²) >= 11 is 0. The van der Waals surface area contributed by atoms with Gasteiger partial charge in [-0.2, -0.15) is 0 Å². The first-order valence-corrected chi connectivity index (χ1v) is 6.68. The predicted octanol–water partition coefficient (Wildman–Crippen LogP) is -7.73. The molecule has 0 aliphatic carbocycles. The number of amides is 3. The largest absolute Gasteiger partial charge is 1.00 e. The number of hydrogen-bond donors (Lipinski definition) is 6. The van der Waals surface area contributed by atoms with Crippen LogP contribution < -0.4 is 38.9 Å². The maximum Gasteiger partial charge on any atom is 0.278 e. The van der Waals surface area contributed by atoms with E-state index in [-0.39, 0.29) is 29.4 Å². The molecule has 2 atom stereocenters. The Morgan fingerprint density at radius 2 is 2.00 bits per heavy atom. The molecule has 1 heterocycles. The molecule has 1 aliphatic rings. The van der Waals surface area contributed by atoms with Crippen LogP contribution in [0.25, 0.3) is 0 Å². The number of carbonyl (C=O) groups excluding carboxylic acids is 3. The summed E-state index contributed by atoms with van der Waals surface area (Å²) in [5.74, 6) is -1.40. The first kappa shape index (κ1) is 20.7. The lowest BCUT2D eigenvalue weighted by atomic mass is 10.2. The first-order chi connectivity index (χ1) is 10.0. The monoisotopic (exact) mass is 383 g/mol. The molecule has 3 amide bonds. The fraction of sp³-hybridized carbons (Fsp3) is 0.727. The van der Waals surface area contributed by atoms with E-state index in [9.17, 15) is 14.4 Å². The van der Waals surface area contributed by atoms with Gasteiger partial charge in [-0.1, -0.05) is 0 Å². The third-order valence-corrected chi connectivity index (χ3v) is 3.20. The van der Waals surface area contributed by atoms with Gasteiger partial charge >= 0.3 is 0 Å². The Hall–Kier alpha value is -1.27. The molecule has 1 rings (SSSR count). The van der Waals surface area contributed by atoms with Crippen molar-refractivity contribution < 1.29 is 47.3 Å². The summed E-state index contributed by atoms with van der Waals surface area (Å²) in [5.41, 5.74) is 7.79. The lowest BCUT2D eigenvalue weighted by Crippen LogP contribution is -3.00. The van der Waals surface area contributed by atoms with Crippen LogP contribution in [0.5, 0.6) is 0 Å². The van der Waals surface area contributed by atoms with Crippen molar-refractivity contribution in [3.8, 4) is 0 Å². The van der Waals surface area contributed by atoms with Gasteiger partial charge in [0.1, 0.15) is 18.8 Å². The SMILES string of the molecule is [Br-].[NH3+]CC(=O)N1CCC[C@H]1C(=O)N[C@@H](CO)C(=O)NNCO. The van der Waals surface area contributed by atoms with Crippen LogP contribution in [-0.2, 0) is 14.4 Å². The summed E-state index contributed by atoms with van der Waals surface area (Å²) in [6.45, 7) is -0.532. The van der Waals surface area contributed by atoms with E-state index in [0.29, 0.717) is 19.4 Å². The molecule has 0 radical (unpaired) electrons. The molecule has 0 aromatic carbocycles. The van der Waals surface area contributed by atoms with E-state index in [4.69, 9.17) is 10.2 Å². The minimum Gasteiger partial charge on any atom is -1.00 e. The molecule has 0 aromatic rings. The zero-order valence-electron chi connectivity index (χ0n) is 12.0. The van der Waals surface area contributed by atoms with Crippen LogP contribution in [0.2, 0.25) is 0 Å². The van der Waals surface area contributed by atoms with E-state index in [1.54, 1.807) is 0 Å². The van der Waals surface area contributed by atoms with Crippen LogP contribution in [0, 0.1) is 0 Å². The lowest BCUT2D eigenvalue weighted by Gasteiger charge is -2.24. The standard InChI is InChI=1S/C11H21N5O5.BrH/c12-4-9(19)16-3-1-2-8(16)11(21)14-7(5-17)10(20)15-13-6-18;/h7-8,13,17-18H,1-6,12H2,(H,14,21)(H,15,20);1H/t7-,8-;/m0./s1. The van der Waals surface area contributed by atoms with Gasteiger partial charge in [0, 0.05) is 6.54 Å². The molecule has 22 heavy (non-hydrogen) atoms. The molecule has 11 heteroatoms. The molecule has 128 valence electrons. The number of quaternary nitrogens is 1. The summed E-state index contributed by atoms with van der Waals surface area (Å²) in [6, 6.07) is -1.80. The van der Waals surface area contributed by atoms with Crippen LogP contribution in [0.4, 0.5) is 0 Å². The molecule has 0 spiro atoms. The lowest BCUT2D eigenvalue weighted by molar-refractivity contribution is -0.357. The fourth-order valence-corrected chi connectivity index (χ4v) is 2.16. The number of hydrogen-bond acceptors (Lipinski definition) is 6.